The Bertz CT molecular complexity index is 1030. The Hall–Kier alpha value is -2.85. The largest absolute Gasteiger partial charge is 0.366 e. The van der Waals surface area contributed by atoms with Gasteiger partial charge in [0.1, 0.15) is 5.00 Å². The van der Waals surface area contributed by atoms with Gasteiger partial charge in [-0.1, -0.05) is 56.8 Å². The average Bonchev–Trinajstić information content (AvgIpc) is 3.26. The highest BCUT2D eigenvalue weighted by Crippen LogP contribution is 2.27. The molecule has 8 nitrogen and oxygen atoms in total. The highest BCUT2D eigenvalue weighted by molar-refractivity contribution is 7.99. The minimum absolute atomic E-state index is 0.0558. The fraction of sp³-hybridized carbons (Fsp3) is 0.263. The number of anilines is 1. The molecule has 0 aliphatic carbocycles. The smallest absolute Gasteiger partial charge is 0.251 e. The summed E-state index contributed by atoms with van der Waals surface area (Å²) in [5.74, 6) is 5.83. The lowest BCUT2D eigenvalue weighted by atomic mass is 9.87. The second-order valence-electron chi connectivity index (χ2n) is 7.37. The predicted octanol–water partition coefficient (Wildman–Crippen LogP) is 2.85. The number of aromatic nitrogens is 3. The van der Waals surface area contributed by atoms with Gasteiger partial charge >= 0.3 is 0 Å². The number of carbonyl (C=O) groups excluding carboxylic acids is 2. The van der Waals surface area contributed by atoms with Crippen molar-refractivity contribution in [3.63, 3.8) is 0 Å². The Morgan fingerprint density at radius 1 is 1.17 bits per heavy atom. The Labute approximate surface area is 176 Å². The minimum Gasteiger partial charge on any atom is -0.366 e. The van der Waals surface area contributed by atoms with Crippen LogP contribution in [0.2, 0.25) is 0 Å². The van der Waals surface area contributed by atoms with Crippen LogP contribution >= 0.6 is 23.1 Å². The lowest BCUT2D eigenvalue weighted by Crippen LogP contribution is -2.18. The van der Waals surface area contributed by atoms with Crippen molar-refractivity contribution < 1.29 is 9.59 Å². The van der Waals surface area contributed by atoms with Gasteiger partial charge in [-0.25, -0.2) is 4.68 Å². The van der Waals surface area contributed by atoms with Crippen molar-refractivity contribution in [1.29, 1.82) is 0 Å². The normalized spacial score (nSPS) is 11.4. The summed E-state index contributed by atoms with van der Waals surface area (Å²) in [7, 11) is 0. The molecular weight excluding hydrogens is 408 g/mol. The number of thioether (sulfide) groups is 1. The fourth-order valence-corrected chi connectivity index (χ4v) is 4.05. The molecule has 0 aliphatic rings. The van der Waals surface area contributed by atoms with E-state index >= 15 is 0 Å². The van der Waals surface area contributed by atoms with E-state index in [1.54, 1.807) is 11.4 Å². The number of thiophene rings is 1. The molecule has 3 rings (SSSR count). The molecule has 10 heteroatoms. The molecule has 0 fully saturated rings. The highest BCUT2D eigenvalue weighted by Gasteiger charge is 2.17. The number of nitrogens with one attached hydrogen (secondary N) is 1. The van der Waals surface area contributed by atoms with Gasteiger partial charge in [-0.3, -0.25) is 9.59 Å². The van der Waals surface area contributed by atoms with E-state index < -0.39 is 5.91 Å². The van der Waals surface area contributed by atoms with Crippen LogP contribution in [0.4, 0.5) is 5.00 Å². The summed E-state index contributed by atoms with van der Waals surface area (Å²) in [5.41, 5.74) is 7.68. The van der Waals surface area contributed by atoms with E-state index in [2.05, 4.69) is 36.3 Å². The molecular formula is C19H22N6O2S2. The zero-order chi connectivity index (χ0) is 21.2. The molecule has 0 radical (unpaired) electrons. The van der Waals surface area contributed by atoms with E-state index in [0.717, 1.165) is 17.3 Å². The summed E-state index contributed by atoms with van der Waals surface area (Å²) in [6.45, 7) is 6.45. The Morgan fingerprint density at radius 3 is 2.48 bits per heavy atom. The molecule has 0 bridgehead atoms. The van der Waals surface area contributed by atoms with Crippen LogP contribution in [0.3, 0.4) is 0 Å². The number of hydrogen-bond acceptors (Lipinski definition) is 7. The maximum Gasteiger partial charge on any atom is 0.251 e. The first-order chi connectivity index (χ1) is 13.7. The number of nitrogens with zero attached hydrogens (tertiary/aromatic N) is 3. The molecule has 0 atom stereocenters. The molecule has 0 saturated carbocycles. The SMILES string of the molecule is CC(C)(C)c1ccc(-c2nnc(SCC(=O)Nc3sccc3C(N)=O)n2N)cc1. The third-order valence-corrected chi connectivity index (χ3v) is 5.96. The predicted molar refractivity (Wildman–Crippen MR) is 116 cm³/mol. The van der Waals surface area contributed by atoms with Gasteiger partial charge in [-0.15, -0.1) is 21.5 Å². The van der Waals surface area contributed by atoms with Gasteiger partial charge in [0.2, 0.25) is 11.1 Å². The molecule has 2 amide bonds. The summed E-state index contributed by atoms with van der Waals surface area (Å²) < 4.78 is 1.37. The first kappa shape index (κ1) is 20.9. The summed E-state index contributed by atoms with van der Waals surface area (Å²) in [6.07, 6.45) is 0. The number of hydrogen-bond donors (Lipinski definition) is 3. The fourth-order valence-electron chi connectivity index (χ4n) is 2.58. The van der Waals surface area contributed by atoms with Crippen LogP contribution in [0.5, 0.6) is 0 Å². The third-order valence-electron chi connectivity index (χ3n) is 4.19. The van der Waals surface area contributed by atoms with Gasteiger partial charge in [-0.05, 0) is 22.4 Å². The van der Waals surface area contributed by atoms with Gasteiger partial charge in [0.05, 0.1) is 11.3 Å². The molecule has 0 spiro atoms. The van der Waals surface area contributed by atoms with E-state index in [4.69, 9.17) is 11.6 Å². The Morgan fingerprint density at radius 2 is 1.86 bits per heavy atom. The van der Waals surface area contributed by atoms with Crippen LogP contribution in [0.15, 0.2) is 40.9 Å². The zero-order valence-electron chi connectivity index (χ0n) is 16.3. The standard InChI is InChI=1S/C19H22N6O2S2/c1-19(2,3)12-6-4-11(5-7-12)16-23-24-18(25(16)21)29-10-14(26)22-17-13(15(20)27)8-9-28-17/h4-9H,10,21H2,1-3H3,(H2,20,27)(H,22,26). The Balaban J connectivity index is 1.66. The summed E-state index contributed by atoms with van der Waals surface area (Å²) >= 11 is 2.39. The molecule has 0 saturated heterocycles. The summed E-state index contributed by atoms with van der Waals surface area (Å²) in [6, 6.07) is 9.57. The van der Waals surface area contributed by atoms with Gasteiger partial charge in [0, 0.05) is 5.56 Å². The summed E-state index contributed by atoms with van der Waals surface area (Å²) in [5, 5.41) is 13.4. The minimum atomic E-state index is -0.585. The molecule has 3 aromatic rings. The number of nitrogens with two attached hydrogens (primary N) is 2. The molecule has 0 aliphatic heterocycles. The molecule has 29 heavy (non-hydrogen) atoms. The quantitative estimate of drug-likeness (QED) is 0.407. The van der Waals surface area contributed by atoms with Crippen molar-refractivity contribution in [2.45, 2.75) is 31.3 Å². The number of amides is 2. The van der Waals surface area contributed by atoms with Crippen LogP contribution in [0.25, 0.3) is 11.4 Å². The molecule has 0 unspecified atom stereocenters. The van der Waals surface area contributed by atoms with Gasteiger partial charge in [0.25, 0.3) is 5.91 Å². The number of rotatable bonds is 6. The van der Waals surface area contributed by atoms with Crippen LogP contribution in [-0.2, 0) is 10.2 Å². The lowest BCUT2D eigenvalue weighted by Gasteiger charge is -2.19. The van der Waals surface area contributed by atoms with Gasteiger partial charge in [-0.2, -0.15) is 0 Å². The number of benzene rings is 1. The van der Waals surface area contributed by atoms with Crippen LogP contribution in [-0.4, -0.2) is 32.4 Å². The van der Waals surface area contributed by atoms with Crippen LogP contribution in [0, 0.1) is 0 Å². The highest BCUT2D eigenvalue weighted by atomic mass is 32.2. The lowest BCUT2D eigenvalue weighted by molar-refractivity contribution is -0.113. The number of carbonyl (C=O) groups is 2. The van der Waals surface area contributed by atoms with Crippen molar-refractivity contribution in [2.75, 3.05) is 16.9 Å². The topological polar surface area (TPSA) is 129 Å². The van der Waals surface area contributed by atoms with Crippen molar-refractivity contribution in [2.24, 2.45) is 5.73 Å². The second kappa shape index (κ2) is 8.26. The van der Waals surface area contributed by atoms with E-state index in [9.17, 15) is 9.59 Å². The molecule has 2 heterocycles. The maximum absolute atomic E-state index is 12.2. The van der Waals surface area contributed by atoms with Crippen molar-refractivity contribution in [3.8, 4) is 11.4 Å². The average molecular weight is 431 g/mol. The van der Waals surface area contributed by atoms with Crippen molar-refractivity contribution in [1.82, 2.24) is 14.9 Å². The first-order valence-electron chi connectivity index (χ1n) is 8.78. The van der Waals surface area contributed by atoms with E-state index in [1.165, 1.54) is 21.6 Å². The molecule has 152 valence electrons. The molecule has 5 N–H and O–H groups in total. The maximum atomic E-state index is 12.2. The van der Waals surface area contributed by atoms with Gasteiger partial charge < -0.3 is 16.9 Å². The monoisotopic (exact) mass is 430 g/mol. The molecule has 1 aromatic carbocycles. The molecule has 2 aromatic heterocycles. The Kier molecular flexibility index (Phi) is 5.94. The third kappa shape index (κ3) is 4.77. The van der Waals surface area contributed by atoms with Crippen LogP contribution in [0.1, 0.15) is 36.7 Å². The van der Waals surface area contributed by atoms with E-state index in [0.29, 0.717) is 16.0 Å². The summed E-state index contributed by atoms with van der Waals surface area (Å²) in [4.78, 5) is 23.5. The second-order valence-corrected chi connectivity index (χ2v) is 9.23. The van der Waals surface area contributed by atoms with Crippen molar-refractivity contribution >= 4 is 39.9 Å². The van der Waals surface area contributed by atoms with E-state index in [-0.39, 0.29) is 22.6 Å². The zero-order valence-corrected chi connectivity index (χ0v) is 17.9. The van der Waals surface area contributed by atoms with E-state index in [1.807, 2.05) is 24.3 Å². The van der Waals surface area contributed by atoms with Crippen molar-refractivity contribution in [3.05, 3.63) is 46.8 Å². The first-order valence-corrected chi connectivity index (χ1v) is 10.6. The number of primary amides is 1. The number of nitrogen functional groups attached to an aromatic ring is 1. The van der Waals surface area contributed by atoms with Gasteiger partial charge in [0.15, 0.2) is 5.82 Å². The van der Waals surface area contributed by atoms with Crippen LogP contribution < -0.4 is 16.9 Å².